The van der Waals surface area contributed by atoms with Crippen molar-refractivity contribution in [3.8, 4) is 5.75 Å². The number of rotatable bonds is 4. The van der Waals surface area contributed by atoms with E-state index < -0.39 is 5.97 Å². The Labute approximate surface area is 122 Å². The zero-order valence-corrected chi connectivity index (χ0v) is 12.0. The molecule has 2 N–H and O–H groups in total. The summed E-state index contributed by atoms with van der Waals surface area (Å²) in [6.07, 6.45) is 0. The number of nitrogens with one attached hydrogen (secondary N) is 1. The summed E-state index contributed by atoms with van der Waals surface area (Å²) >= 11 is 0. The molecule has 1 heterocycles. The van der Waals surface area contributed by atoms with Crippen LogP contribution in [0.3, 0.4) is 0 Å². The van der Waals surface area contributed by atoms with Gasteiger partial charge in [-0.3, -0.25) is 4.79 Å². The van der Waals surface area contributed by atoms with E-state index in [2.05, 4.69) is 5.32 Å². The summed E-state index contributed by atoms with van der Waals surface area (Å²) in [4.78, 5) is 23.2. The molecule has 0 saturated carbocycles. The van der Waals surface area contributed by atoms with Crippen molar-refractivity contribution in [1.82, 2.24) is 4.57 Å². The van der Waals surface area contributed by atoms with E-state index in [1.165, 1.54) is 25.3 Å². The second-order valence-corrected chi connectivity index (χ2v) is 4.59. The molecule has 0 radical (unpaired) electrons. The molecular weight excluding hydrogens is 272 g/mol. The van der Waals surface area contributed by atoms with Crippen molar-refractivity contribution in [3.05, 3.63) is 47.3 Å². The fourth-order valence-corrected chi connectivity index (χ4v) is 1.98. The highest BCUT2D eigenvalue weighted by atomic mass is 16.5. The fourth-order valence-electron chi connectivity index (χ4n) is 1.98. The van der Waals surface area contributed by atoms with E-state index in [0.717, 1.165) is 5.69 Å². The minimum absolute atomic E-state index is 0.0465. The largest absolute Gasteiger partial charge is 0.496 e. The Morgan fingerprint density at radius 2 is 1.95 bits per heavy atom. The van der Waals surface area contributed by atoms with Gasteiger partial charge in [0.2, 0.25) is 0 Å². The summed E-state index contributed by atoms with van der Waals surface area (Å²) in [5.74, 6) is -1.15. The van der Waals surface area contributed by atoms with Gasteiger partial charge in [0.1, 0.15) is 17.0 Å². The number of aryl methyl sites for hydroxylation is 1. The van der Waals surface area contributed by atoms with Crippen LogP contribution in [0.4, 0.5) is 5.69 Å². The number of carboxylic acid groups (broad SMARTS) is 1. The van der Waals surface area contributed by atoms with Crippen LogP contribution in [-0.2, 0) is 7.05 Å². The number of aromatic carboxylic acids is 1. The molecule has 6 nitrogen and oxygen atoms in total. The van der Waals surface area contributed by atoms with Gasteiger partial charge in [-0.05, 0) is 31.2 Å². The molecule has 0 atom stereocenters. The maximum atomic E-state index is 12.2. The SMILES string of the molecule is COc1cc(NC(=O)c2ccc(C)n2C)ccc1C(=O)O. The van der Waals surface area contributed by atoms with Gasteiger partial charge >= 0.3 is 5.97 Å². The molecule has 0 spiro atoms. The Bertz CT molecular complexity index is 704. The van der Waals surface area contributed by atoms with Crippen molar-refractivity contribution in [2.24, 2.45) is 7.05 Å². The van der Waals surface area contributed by atoms with E-state index in [1.807, 2.05) is 13.0 Å². The summed E-state index contributed by atoms with van der Waals surface area (Å²) in [5.41, 5.74) is 2.01. The van der Waals surface area contributed by atoms with E-state index >= 15 is 0 Å². The van der Waals surface area contributed by atoms with Crippen LogP contribution >= 0.6 is 0 Å². The minimum Gasteiger partial charge on any atom is -0.496 e. The van der Waals surface area contributed by atoms with Crippen molar-refractivity contribution in [3.63, 3.8) is 0 Å². The van der Waals surface area contributed by atoms with E-state index in [4.69, 9.17) is 9.84 Å². The first-order chi connectivity index (χ1) is 9.93. The van der Waals surface area contributed by atoms with Crippen LogP contribution in [0.15, 0.2) is 30.3 Å². The van der Waals surface area contributed by atoms with E-state index in [1.54, 1.807) is 17.7 Å². The van der Waals surface area contributed by atoms with Gasteiger partial charge in [-0.1, -0.05) is 0 Å². The first kappa shape index (κ1) is 14.6. The van der Waals surface area contributed by atoms with Crippen molar-refractivity contribution >= 4 is 17.6 Å². The smallest absolute Gasteiger partial charge is 0.339 e. The topological polar surface area (TPSA) is 80.6 Å². The van der Waals surface area contributed by atoms with Crippen LogP contribution < -0.4 is 10.1 Å². The van der Waals surface area contributed by atoms with Gasteiger partial charge in [-0.2, -0.15) is 0 Å². The second-order valence-electron chi connectivity index (χ2n) is 4.59. The Hall–Kier alpha value is -2.76. The van der Waals surface area contributed by atoms with Gasteiger partial charge < -0.3 is 19.7 Å². The maximum Gasteiger partial charge on any atom is 0.339 e. The number of hydrogen-bond donors (Lipinski definition) is 2. The van der Waals surface area contributed by atoms with Crippen LogP contribution in [0.2, 0.25) is 0 Å². The van der Waals surface area contributed by atoms with Gasteiger partial charge in [0.05, 0.1) is 7.11 Å². The Balaban J connectivity index is 2.26. The molecule has 0 unspecified atom stereocenters. The van der Waals surface area contributed by atoms with Crippen LogP contribution in [0.5, 0.6) is 5.75 Å². The standard InChI is InChI=1S/C15H16N2O4/c1-9-4-7-12(17(9)2)14(18)16-10-5-6-11(15(19)20)13(8-10)21-3/h4-8H,1-3H3,(H,16,18)(H,19,20). The van der Waals surface area contributed by atoms with Crippen molar-refractivity contribution in [2.45, 2.75) is 6.92 Å². The van der Waals surface area contributed by atoms with Crippen LogP contribution in [-0.4, -0.2) is 28.7 Å². The number of ether oxygens (including phenoxy) is 1. The molecule has 6 heteroatoms. The number of benzene rings is 1. The third-order valence-electron chi connectivity index (χ3n) is 3.30. The minimum atomic E-state index is -1.08. The highest BCUT2D eigenvalue weighted by Gasteiger charge is 2.14. The molecular formula is C15H16N2O4. The van der Waals surface area contributed by atoms with Crippen LogP contribution in [0, 0.1) is 6.92 Å². The number of methoxy groups -OCH3 is 1. The molecule has 2 rings (SSSR count). The molecule has 0 aliphatic heterocycles. The third kappa shape index (κ3) is 2.89. The van der Waals surface area contributed by atoms with Crippen LogP contribution in [0.1, 0.15) is 26.5 Å². The number of carbonyl (C=O) groups is 2. The van der Waals surface area contributed by atoms with Crippen molar-refractivity contribution in [2.75, 3.05) is 12.4 Å². The number of hydrogen-bond acceptors (Lipinski definition) is 3. The van der Waals surface area contributed by atoms with E-state index in [9.17, 15) is 9.59 Å². The molecule has 21 heavy (non-hydrogen) atoms. The average molecular weight is 288 g/mol. The number of amides is 1. The highest BCUT2D eigenvalue weighted by Crippen LogP contribution is 2.23. The predicted molar refractivity (Wildman–Crippen MR) is 78.1 cm³/mol. The molecule has 0 aliphatic rings. The van der Waals surface area contributed by atoms with Gasteiger partial charge in [0, 0.05) is 24.5 Å². The average Bonchev–Trinajstić information content (AvgIpc) is 2.78. The lowest BCUT2D eigenvalue weighted by molar-refractivity contribution is 0.0693. The maximum absolute atomic E-state index is 12.2. The van der Waals surface area contributed by atoms with Crippen molar-refractivity contribution < 1.29 is 19.4 Å². The summed E-state index contributed by atoms with van der Waals surface area (Å²) in [5, 5.41) is 11.7. The van der Waals surface area contributed by atoms with Gasteiger partial charge in [-0.25, -0.2) is 4.79 Å². The molecule has 0 bridgehead atoms. The van der Waals surface area contributed by atoms with Gasteiger partial charge in [-0.15, -0.1) is 0 Å². The molecule has 1 aromatic carbocycles. The van der Waals surface area contributed by atoms with Crippen LogP contribution in [0.25, 0.3) is 0 Å². The second kappa shape index (κ2) is 5.70. The lowest BCUT2D eigenvalue weighted by atomic mass is 10.2. The summed E-state index contributed by atoms with van der Waals surface area (Å²) in [7, 11) is 3.19. The lowest BCUT2D eigenvalue weighted by Crippen LogP contribution is -2.16. The molecule has 1 amide bonds. The molecule has 110 valence electrons. The lowest BCUT2D eigenvalue weighted by Gasteiger charge is -2.10. The van der Waals surface area contributed by atoms with E-state index in [-0.39, 0.29) is 17.2 Å². The zero-order chi connectivity index (χ0) is 15.6. The predicted octanol–water partition coefficient (Wildman–Crippen LogP) is 2.29. The number of aromatic nitrogens is 1. The monoisotopic (exact) mass is 288 g/mol. The summed E-state index contributed by atoms with van der Waals surface area (Å²) in [6, 6.07) is 7.99. The highest BCUT2D eigenvalue weighted by molar-refractivity contribution is 6.03. The first-order valence-corrected chi connectivity index (χ1v) is 6.29. The zero-order valence-electron chi connectivity index (χ0n) is 12.0. The quantitative estimate of drug-likeness (QED) is 0.904. The Kier molecular flexibility index (Phi) is 3.98. The van der Waals surface area contributed by atoms with Crippen molar-refractivity contribution in [1.29, 1.82) is 0 Å². The number of carboxylic acids is 1. The van der Waals surface area contributed by atoms with Gasteiger partial charge in [0.25, 0.3) is 5.91 Å². The summed E-state index contributed by atoms with van der Waals surface area (Å²) < 4.78 is 6.80. The third-order valence-corrected chi connectivity index (χ3v) is 3.30. The molecule has 2 aromatic rings. The first-order valence-electron chi connectivity index (χ1n) is 6.29. The number of carbonyl (C=O) groups excluding carboxylic acids is 1. The molecule has 0 aliphatic carbocycles. The van der Waals surface area contributed by atoms with E-state index in [0.29, 0.717) is 11.4 Å². The number of anilines is 1. The Morgan fingerprint density at radius 3 is 2.48 bits per heavy atom. The molecule has 1 aromatic heterocycles. The van der Waals surface area contributed by atoms with Gasteiger partial charge in [0.15, 0.2) is 0 Å². The summed E-state index contributed by atoms with van der Waals surface area (Å²) in [6.45, 7) is 1.90. The fraction of sp³-hybridized carbons (Fsp3) is 0.200. The Morgan fingerprint density at radius 1 is 1.24 bits per heavy atom. The molecule has 0 saturated heterocycles. The number of nitrogens with zero attached hydrogens (tertiary/aromatic N) is 1. The molecule has 0 fully saturated rings. The normalized spacial score (nSPS) is 10.2.